The Morgan fingerprint density at radius 2 is 2.23 bits per heavy atom. The maximum absolute atomic E-state index is 12.4. The Kier molecular flexibility index (Phi) is 6.20. The number of nitriles is 1. The first-order chi connectivity index (χ1) is 12.5. The van der Waals surface area contributed by atoms with E-state index in [1.165, 1.54) is 11.3 Å². The summed E-state index contributed by atoms with van der Waals surface area (Å²) < 4.78 is 0. The molecule has 4 unspecified atom stereocenters. The largest absolute Gasteiger partial charge is 0.332 e. The molecule has 0 radical (unpaired) electrons. The quantitative estimate of drug-likeness (QED) is 0.523. The van der Waals surface area contributed by atoms with Crippen molar-refractivity contribution in [3.63, 3.8) is 0 Å². The highest BCUT2D eigenvalue weighted by Crippen LogP contribution is 2.33. The van der Waals surface area contributed by atoms with Crippen LogP contribution in [0.5, 0.6) is 0 Å². The molecular formula is C18H24N4O2S2. The molecular weight excluding hydrogens is 368 g/mol. The van der Waals surface area contributed by atoms with Crippen LogP contribution in [-0.4, -0.2) is 39.9 Å². The Morgan fingerprint density at radius 1 is 1.42 bits per heavy atom. The molecule has 0 spiro atoms. The van der Waals surface area contributed by atoms with E-state index >= 15 is 0 Å². The molecule has 26 heavy (non-hydrogen) atoms. The second-order valence-electron chi connectivity index (χ2n) is 7.16. The lowest BCUT2D eigenvalue weighted by Crippen LogP contribution is -2.36. The van der Waals surface area contributed by atoms with Crippen molar-refractivity contribution in [2.45, 2.75) is 68.7 Å². The highest BCUT2D eigenvalue weighted by Gasteiger charge is 2.42. The second-order valence-corrected chi connectivity index (χ2v) is 9.32. The topological polar surface area (TPSA) is 94.9 Å². The molecule has 1 aromatic heterocycles. The maximum Gasteiger partial charge on any atom is 0.315 e. The number of unbranched alkanes of at least 4 members (excludes halogenated alkanes) is 1. The minimum atomic E-state index is -0.740. The van der Waals surface area contributed by atoms with Crippen LogP contribution in [0.15, 0.2) is 5.38 Å². The summed E-state index contributed by atoms with van der Waals surface area (Å²) in [6, 6.07) is 2.50. The third-order valence-electron chi connectivity index (χ3n) is 4.93. The van der Waals surface area contributed by atoms with Crippen molar-refractivity contribution in [3.8, 4) is 6.07 Å². The van der Waals surface area contributed by atoms with Crippen molar-refractivity contribution < 1.29 is 9.59 Å². The summed E-state index contributed by atoms with van der Waals surface area (Å²) in [5.74, 6) is 0.472. The van der Waals surface area contributed by atoms with E-state index in [2.05, 4.69) is 35.5 Å². The summed E-state index contributed by atoms with van der Waals surface area (Å²) in [4.78, 5) is 28.3. The first-order valence-corrected chi connectivity index (χ1v) is 11.0. The number of thiazole rings is 1. The third-order valence-corrected chi connectivity index (χ3v) is 7.37. The number of Topliss-reactive ketones (excluding diaryl/α,β-unsaturated/α-hetero) is 1. The van der Waals surface area contributed by atoms with Crippen molar-refractivity contribution in [2.24, 2.45) is 0 Å². The minimum absolute atomic E-state index is 0.0371. The summed E-state index contributed by atoms with van der Waals surface area (Å²) in [6.45, 7) is 4.10. The second kappa shape index (κ2) is 8.40. The standard InChI is InChI=1S/C18H24N4O2S2/c1-10(2)12-8-26-17(20-12)11(7-19)14(23)5-3-4-6-15-16-13(9-25-15)21-18(24)22-16/h8,10-11,13,15-16H,3-6,9H2,1-2H3,(H2,21,22,24). The van der Waals surface area contributed by atoms with Gasteiger partial charge in [-0.05, 0) is 18.8 Å². The normalized spacial score (nSPS) is 25.5. The zero-order valence-electron chi connectivity index (χ0n) is 15.0. The first kappa shape index (κ1) is 19.2. The van der Waals surface area contributed by atoms with Gasteiger partial charge in [-0.25, -0.2) is 9.78 Å². The lowest BCUT2D eigenvalue weighted by molar-refractivity contribution is -0.119. The highest BCUT2D eigenvalue weighted by molar-refractivity contribution is 8.00. The van der Waals surface area contributed by atoms with E-state index in [1.54, 1.807) is 0 Å². The molecule has 6 nitrogen and oxygen atoms in total. The number of carbonyl (C=O) groups excluding carboxylic acids is 2. The maximum atomic E-state index is 12.4. The summed E-state index contributed by atoms with van der Waals surface area (Å²) in [5, 5.41) is 18.3. The average molecular weight is 393 g/mol. The molecule has 1 aromatic rings. The summed E-state index contributed by atoms with van der Waals surface area (Å²) in [6.07, 6.45) is 3.09. The van der Waals surface area contributed by atoms with Gasteiger partial charge in [-0.15, -0.1) is 11.3 Å². The number of aromatic nitrogens is 1. The minimum Gasteiger partial charge on any atom is -0.332 e. The van der Waals surface area contributed by atoms with Crippen LogP contribution >= 0.6 is 23.1 Å². The molecule has 0 bridgehead atoms. The molecule has 0 aliphatic carbocycles. The van der Waals surface area contributed by atoms with E-state index < -0.39 is 5.92 Å². The smallest absolute Gasteiger partial charge is 0.315 e. The summed E-state index contributed by atoms with van der Waals surface area (Å²) in [5.41, 5.74) is 0.943. The van der Waals surface area contributed by atoms with Crippen molar-refractivity contribution in [1.29, 1.82) is 5.26 Å². The van der Waals surface area contributed by atoms with Crippen LogP contribution in [-0.2, 0) is 4.79 Å². The monoisotopic (exact) mass is 392 g/mol. The van der Waals surface area contributed by atoms with Crippen LogP contribution < -0.4 is 10.6 Å². The average Bonchev–Trinajstić information content (AvgIpc) is 3.29. The summed E-state index contributed by atoms with van der Waals surface area (Å²) >= 11 is 3.29. The van der Waals surface area contributed by atoms with Crippen LogP contribution in [0.2, 0.25) is 0 Å². The number of nitrogens with one attached hydrogen (secondary N) is 2. The van der Waals surface area contributed by atoms with Gasteiger partial charge in [0.2, 0.25) is 0 Å². The lowest BCUT2D eigenvalue weighted by Gasteiger charge is -2.16. The highest BCUT2D eigenvalue weighted by atomic mass is 32.2. The van der Waals surface area contributed by atoms with Gasteiger partial charge in [0.1, 0.15) is 5.01 Å². The predicted molar refractivity (Wildman–Crippen MR) is 104 cm³/mol. The molecule has 4 atom stereocenters. The molecule has 2 aliphatic rings. The Bertz CT molecular complexity index is 712. The molecule has 140 valence electrons. The zero-order chi connectivity index (χ0) is 18.7. The molecule has 3 rings (SSSR count). The Hall–Kier alpha value is -1.59. The third kappa shape index (κ3) is 4.21. The Morgan fingerprint density at radius 3 is 2.92 bits per heavy atom. The van der Waals surface area contributed by atoms with Gasteiger partial charge in [0.25, 0.3) is 0 Å². The number of amides is 2. The number of fused-ring (bicyclic) bond motifs is 1. The first-order valence-electron chi connectivity index (χ1n) is 9.06. The number of thioether (sulfide) groups is 1. The van der Waals surface area contributed by atoms with Crippen molar-refractivity contribution >= 4 is 34.9 Å². The van der Waals surface area contributed by atoms with Gasteiger partial charge >= 0.3 is 6.03 Å². The fourth-order valence-electron chi connectivity index (χ4n) is 3.40. The number of hydrogen-bond donors (Lipinski definition) is 2. The van der Waals surface area contributed by atoms with E-state index in [9.17, 15) is 14.9 Å². The zero-order valence-corrected chi connectivity index (χ0v) is 16.7. The number of hydrogen-bond acceptors (Lipinski definition) is 6. The lowest BCUT2D eigenvalue weighted by atomic mass is 9.98. The van der Waals surface area contributed by atoms with Crippen LogP contribution in [0.1, 0.15) is 62.1 Å². The van der Waals surface area contributed by atoms with Crippen molar-refractivity contribution in [2.75, 3.05) is 5.75 Å². The van der Waals surface area contributed by atoms with Gasteiger partial charge in [0, 0.05) is 22.8 Å². The molecule has 0 aromatic carbocycles. The molecule has 2 aliphatic heterocycles. The van der Waals surface area contributed by atoms with Gasteiger partial charge < -0.3 is 10.6 Å². The SMILES string of the molecule is CC(C)c1csc(C(C#N)C(=O)CCCCC2SCC3NC(=O)NC32)n1. The van der Waals surface area contributed by atoms with Gasteiger partial charge in [0.15, 0.2) is 11.7 Å². The van der Waals surface area contributed by atoms with Gasteiger partial charge in [-0.1, -0.05) is 20.3 Å². The molecule has 2 saturated heterocycles. The van der Waals surface area contributed by atoms with Crippen LogP contribution in [0.4, 0.5) is 4.79 Å². The van der Waals surface area contributed by atoms with Gasteiger partial charge in [-0.3, -0.25) is 4.79 Å². The molecule has 3 heterocycles. The van der Waals surface area contributed by atoms with E-state index in [4.69, 9.17) is 0 Å². The van der Waals surface area contributed by atoms with Crippen molar-refractivity contribution in [3.05, 3.63) is 16.1 Å². The number of rotatable bonds is 8. The molecule has 2 amide bonds. The molecule has 2 fully saturated rings. The number of nitrogens with zero attached hydrogens (tertiary/aromatic N) is 2. The van der Waals surface area contributed by atoms with Crippen molar-refractivity contribution in [1.82, 2.24) is 15.6 Å². The predicted octanol–water partition coefficient (Wildman–Crippen LogP) is 3.17. The van der Waals surface area contributed by atoms with Gasteiger partial charge in [0.05, 0.1) is 23.8 Å². The number of carbonyl (C=O) groups is 2. The van der Waals surface area contributed by atoms with Crippen LogP contribution in [0.25, 0.3) is 0 Å². The Labute approximate surface area is 162 Å². The van der Waals surface area contributed by atoms with Crippen LogP contribution in [0.3, 0.4) is 0 Å². The van der Waals surface area contributed by atoms with Gasteiger partial charge in [-0.2, -0.15) is 17.0 Å². The summed E-state index contributed by atoms with van der Waals surface area (Å²) in [7, 11) is 0. The fourth-order valence-corrected chi connectivity index (χ4v) is 5.98. The molecule has 0 saturated carbocycles. The van der Waals surface area contributed by atoms with E-state index in [1.807, 2.05) is 17.1 Å². The van der Waals surface area contributed by atoms with Crippen LogP contribution in [0, 0.1) is 11.3 Å². The Balaban J connectivity index is 1.44. The van der Waals surface area contributed by atoms with E-state index in [0.29, 0.717) is 22.6 Å². The van der Waals surface area contributed by atoms with E-state index in [-0.39, 0.29) is 23.9 Å². The molecule has 8 heteroatoms. The number of ketones is 1. The number of urea groups is 1. The van der Waals surface area contributed by atoms with E-state index in [0.717, 1.165) is 30.7 Å². The molecule has 2 N–H and O–H groups in total. The fraction of sp³-hybridized carbons (Fsp3) is 0.667.